The minimum Gasteiger partial charge on any atom is -0.624 e. The minimum atomic E-state index is -0.353. The van der Waals surface area contributed by atoms with Gasteiger partial charge in [-0.25, -0.2) is 4.74 Å². The molecule has 0 unspecified atom stereocenters. The summed E-state index contributed by atoms with van der Waals surface area (Å²) in [7, 11) is 0. The first-order valence-corrected chi connectivity index (χ1v) is 5.89. The third-order valence-corrected chi connectivity index (χ3v) is 2.36. The fourth-order valence-electron chi connectivity index (χ4n) is 1.42. The SMILES string of the molecule is C/C(c1ccncc1)=[N+](\[O-])CCC(=O)OC(C)C. The molecule has 0 amide bonds. The van der Waals surface area contributed by atoms with Crippen LogP contribution in [0.2, 0.25) is 0 Å². The maximum absolute atomic E-state index is 11.8. The van der Waals surface area contributed by atoms with E-state index in [4.69, 9.17) is 4.74 Å². The summed E-state index contributed by atoms with van der Waals surface area (Å²) in [5, 5.41) is 11.8. The van der Waals surface area contributed by atoms with Gasteiger partial charge in [0.1, 0.15) is 6.42 Å². The maximum atomic E-state index is 11.8. The van der Waals surface area contributed by atoms with Crippen LogP contribution in [-0.2, 0) is 9.53 Å². The van der Waals surface area contributed by atoms with Crippen molar-refractivity contribution in [1.82, 2.24) is 4.98 Å². The second-order valence-electron chi connectivity index (χ2n) is 4.21. The molecule has 0 radical (unpaired) electrons. The van der Waals surface area contributed by atoms with Crippen LogP contribution in [0, 0.1) is 5.21 Å². The van der Waals surface area contributed by atoms with E-state index in [-0.39, 0.29) is 25.0 Å². The van der Waals surface area contributed by atoms with Gasteiger partial charge in [0.15, 0.2) is 12.3 Å². The molecule has 0 saturated carbocycles. The zero-order chi connectivity index (χ0) is 13.5. The predicted octanol–water partition coefficient (Wildman–Crippen LogP) is 1.74. The average molecular weight is 250 g/mol. The quantitative estimate of drug-likeness (QED) is 0.262. The number of rotatable bonds is 5. The fourth-order valence-corrected chi connectivity index (χ4v) is 1.42. The lowest BCUT2D eigenvalue weighted by molar-refractivity contribution is -0.456. The van der Waals surface area contributed by atoms with E-state index in [1.54, 1.807) is 45.3 Å². The van der Waals surface area contributed by atoms with Gasteiger partial charge in [0.2, 0.25) is 0 Å². The van der Waals surface area contributed by atoms with Crippen molar-refractivity contribution in [2.24, 2.45) is 0 Å². The highest BCUT2D eigenvalue weighted by atomic mass is 16.5. The predicted molar refractivity (Wildman–Crippen MR) is 68.4 cm³/mol. The molecule has 0 aromatic carbocycles. The first-order valence-electron chi connectivity index (χ1n) is 5.89. The number of carbonyl (C=O) groups is 1. The monoisotopic (exact) mass is 250 g/mol. The second-order valence-corrected chi connectivity index (χ2v) is 4.21. The van der Waals surface area contributed by atoms with Crippen LogP contribution in [0.3, 0.4) is 0 Å². The minimum absolute atomic E-state index is 0.0874. The Morgan fingerprint density at radius 2 is 2.06 bits per heavy atom. The Balaban J connectivity index is 2.59. The van der Waals surface area contributed by atoms with Gasteiger partial charge in [0.05, 0.1) is 6.10 Å². The zero-order valence-corrected chi connectivity index (χ0v) is 10.9. The Labute approximate surface area is 107 Å². The van der Waals surface area contributed by atoms with Crippen LogP contribution in [0.25, 0.3) is 0 Å². The summed E-state index contributed by atoms with van der Waals surface area (Å²) in [5.74, 6) is -0.353. The molecular formula is C13H18N2O3. The molecule has 1 heterocycles. The molecule has 0 atom stereocenters. The van der Waals surface area contributed by atoms with E-state index in [2.05, 4.69) is 4.98 Å². The molecule has 1 aromatic rings. The number of hydrogen-bond donors (Lipinski definition) is 0. The lowest BCUT2D eigenvalue weighted by atomic mass is 10.2. The number of ether oxygens (including phenoxy) is 1. The van der Waals surface area contributed by atoms with Gasteiger partial charge in [-0.2, -0.15) is 0 Å². The highest BCUT2D eigenvalue weighted by Gasteiger charge is 2.11. The number of esters is 1. The van der Waals surface area contributed by atoms with Crippen LogP contribution in [-0.4, -0.2) is 34.1 Å². The number of hydroxylamine groups is 1. The second kappa shape index (κ2) is 6.74. The largest absolute Gasteiger partial charge is 0.624 e. The molecule has 5 heteroatoms. The van der Waals surface area contributed by atoms with Crippen molar-refractivity contribution < 1.29 is 14.3 Å². The Bertz CT molecular complexity index is 427. The van der Waals surface area contributed by atoms with E-state index < -0.39 is 0 Å². The van der Waals surface area contributed by atoms with E-state index in [1.165, 1.54) is 0 Å². The van der Waals surface area contributed by atoms with Gasteiger partial charge in [-0.1, -0.05) is 0 Å². The van der Waals surface area contributed by atoms with Gasteiger partial charge in [0.25, 0.3) is 0 Å². The van der Waals surface area contributed by atoms with Crippen LogP contribution < -0.4 is 0 Å². The summed E-state index contributed by atoms with van der Waals surface area (Å²) < 4.78 is 5.76. The zero-order valence-electron chi connectivity index (χ0n) is 10.9. The van der Waals surface area contributed by atoms with E-state index in [9.17, 15) is 10.0 Å². The summed E-state index contributed by atoms with van der Waals surface area (Å²) in [6, 6.07) is 3.51. The lowest BCUT2D eigenvalue weighted by Gasteiger charge is -2.10. The van der Waals surface area contributed by atoms with Crippen LogP contribution >= 0.6 is 0 Å². The van der Waals surface area contributed by atoms with Gasteiger partial charge in [0, 0.05) is 24.9 Å². The molecule has 98 valence electrons. The molecule has 0 aliphatic rings. The van der Waals surface area contributed by atoms with Crippen molar-refractivity contribution in [3.8, 4) is 0 Å². The lowest BCUT2D eigenvalue weighted by Crippen LogP contribution is -2.20. The first-order chi connectivity index (χ1) is 8.50. The molecule has 0 aliphatic heterocycles. The number of pyridine rings is 1. The van der Waals surface area contributed by atoms with Gasteiger partial charge in [-0.05, 0) is 26.0 Å². The number of hydrogen-bond acceptors (Lipinski definition) is 4. The highest BCUT2D eigenvalue weighted by molar-refractivity contribution is 5.94. The third kappa shape index (κ3) is 4.53. The van der Waals surface area contributed by atoms with Crippen LogP contribution in [0.15, 0.2) is 24.5 Å². The smallest absolute Gasteiger partial charge is 0.312 e. The van der Waals surface area contributed by atoms with Crippen molar-refractivity contribution in [3.05, 3.63) is 35.3 Å². The van der Waals surface area contributed by atoms with E-state index in [0.717, 1.165) is 10.3 Å². The van der Waals surface area contributed by atoms with Gasteiger partial charge in [-0.15, -0.1) is 0 Å². The third-order valence-electron chi connectivity index (χ3n) is 2.36. The van der Waals surface area contributed by atoms with Crippen LogP contribution in [0.4, 0.5) is 0 Å². The summed E-state index contributed by atoms with van der Waals surface area (Å²) >= 11 is 0. The van der Waals surface area contributed by atoms with E-state index >= 15 is 0 Å². The van der Waals surface area contributed by atoms with Gasteiger partial charge in [-0.3, -0.25) is 9.78 Å². The summed E-state index contributed by atoms with van der Waals surface area (Å²) in [5.41, 5.74) is 1.37. The number of carbonyl (C=O) groups excluding carboxylic acids is 1. The standard InChI is InChI=1S/C13H18N2O3/c1-10(2)18-13(16)6-9-15(17)11(3)12-4-7-14-8-5-12/h4-5,7-8,10H,6,9H2,1-3H3/b15-11+. The van der Waals surface area contributed by atoms with Gasteiger partial charge < -0.3 is 9.94 Å². The maximum Gasteiger partial charge on any atom is 0.312 e. The van der Waals surface area contributed by atoms with Crippen LogP contribution in [0.1, 0.15) is 32.8 Å². The molecule has 0 bridgehead atoms. The molecule has 1 rings (SSSR count). The summed E-state index contributed by atoms with van der Waals surface area (Å²) in [6.07, 6.45) is 3.19. The van der Waals surface area contributed by atoms with Crippen LogP contribution in [0.5, 0.6) is 0 Å². The number of nitrogens with zero attached hydrogens (tertiary/aromatic N) is 2. The van der Waals surface area contributed by atoms with E-state index in [1.807, 2.05) is 0 Å². The fraction of sp³-hybridized carbons (Fsp3) is 0.462. The van der Waals surface area contributed by atoms with Gasteiger partial charge >= 0.3 is 5.97 Å². The highest BCUT2D eigenvalue weighted by Crippen LogP contribution is 2.00. The number of aromatic nitrogens is 1. The molecular weight excluding hydrogens is 232 g/mol. The Kier molecular flexibility index (Phi) is 5.30. The average Bonchev–Trinajstić information content (AvgIpc) is 2.35. The molecule has 1 aromatic heterocycles. The summed E-state index contributed by atoms with van der Waals surface area (Å²) in [6.45, 7) is 5.37. The normalized spacial score (nSPS) is 12.2. The molecule has 0 saturated heterocycles. The Hall–Kier alpha value is -1.91. The molecule has 18 heavy (non-hydrogen) atoms. The van der Waals surface area contributed by atoms with E-state index in [0.29, 0.717) is 5.71 Å². The topological polar surface area (TPSA) is 65.3 Å². The van der Waals surface area contributed by atoms with Crippen molar-refractivity contribution in [3.63, 3.8) is 0 Å². The molecule has 0 fully saturated rings. The Morgan fingerprint density at radius 1 is 1.44 bits per heavy atom. The molecule has 5 nitrogen and oxygen atoms in total. The van der Waals surface area contributed by atoms with Crippen molar-refractivity contribution in [2.45, 2.75) is 33.3 Å². The molecule has 0 N–H and O–H groups in total. The molecule has 0 aliphatic carbocycles. The van der Waals surface area contributed by atoms with Crippen molar-refractivity contribution >= 4 is 11.7 Å². The van der Waals surface area contributed by atoms with Crippen molar-refractivity contribution in [2.75, 3.05) is 6.54 Å². The summed E-state index contributed by atoms with van der Waals surface area (Å²) in [4.78, 5) is 15.2. The first kappa shape index (κ1) is 14.2. The molecule has 0 spiro atoms. The Morgan fingerprint density at radius 3 is 2.61 bits per heavy atom. The van der Waals surface area contributed by atoms with Crippen molar-refractivity contribution in [1.29, 1.82) is 0 Å².